The highest BCUT2D eigenvalue weighted by molar-refractivity contribution is 7.40. The second-order valence-electron chi connectivity index (χ2n) is 11.2. The summed E-state index contributed by atoms with van der Waals surface area (Å²) in [6.07, 6.45) is 33.8. The molecular weight excluding hydrogens is 398 g/mol. The van der Waals surface area contributed by atoms with Gasteiger partial charge < -0.3 is 0 Å². The first-order chi connectivity index (χ1) is 14.8. The van der Waals surface area contributed by atoms with Crippen molar-refractivity contribution in [1.82, 2.24) is 0 Å². The summed E-state index contributed by atoms with van der Waals surface area (Å²) in [4.78, 5) is 0. The predicted octanol–water partition coefficient (Wildman–Crippen LogP) is 10.1. The van der Waals surface area contributed by atoms with Crippen LogP contribution in [0.25, 0.3) is 0 Å². The minimum atomic E-state index is 1.10. The molecule has 4 rings (SSSR count). The van der Waals surface area contributed by atoms with Crippen molar-refractivity contribution in [3.63, 3.8) is 0 Å². The molecule has 1 unspecified atom stereocenters. The lowest BCUT2D eigenvalue weighted by Gasteiger charge is -2.32. The highest BCUT2D eigenvalue weighted by Gasteiger charge is 2.24. The Kier molecular flexibility index (Phi) is 13.3. The van der Waals surface area contributed by atoms with Crippen molar-refractivity contribution < 1.29 is 0 Å². The summed E-state index contributed by atoms with van der Waals surface area (Å²) in [5, 5.41) is 0. The molecule has 176 valence electrons. The molecule has 0 bridgehead atoms. The number of unbranched alkanes of at least 4 members (excludes halogenated alkanes) is 1. The van der Waals surface area contributed by atoms with E-state index < -0.39 is 0 Å². The molecule has 4 aliphatic rings. The molecule has 0 aromatic rings. The minimum Gasteiger partial charge on any atom is -0.116 e. The summed E-state index contributed by atoms with van der Waals surface area (Å²) in [7, 11) is 2.65. The Labute approximate surface area is 193 Å². The van der Waals surface area contributed by atoms with Crippen molar-refractivity contribution in [2.24, 2.45) is 5.92 Å². The summed E-state index contributed by atoms with van der Waals surface area (Å²) >= 11 is 0. The van der Waals surface area contributed by atoms with E-state index in [4.69, 9.17) is 0 Å². The van der Waals surface area contributed by atoms with Gasteiger partial charge in [-0.15, -0.1) is 17.2 Å². The Morgan fingerprint density at radius 2 is 0.833 bits per heavy atom. The van der Waals surface area contributed by atoms with Gasteiger partial charge in [-0.05, 0) is 92.8 Å². The van der Waals surface area contributed by atoms with Crippen molar-refractivity contribution >= 4 is 17.2 Å². The lowest BCUT2D eigenvalue weighted by Crippen LogP contribution is -2.18. The molecule has 0 nitrogen and oxygen atoms in total. The van der Waals surface area contributed by atoms with E-state index in [0.717, 1.165) is 28.6 Å². The van der Waals surface area contributed by atoms with Crippen LogP contribution in [0.5, 0.6) is 0 Å². The van der Waals surface area contributed by atoms with Gasteiger partial charge in [-0.1, -0.05) is 84.0 Å². The molecule has 0 aromatic heterocycles. The van der Waals surface area contributed by atoms with E-state index in [9.17, 15) is 0 Å². The molecule has 0 amide bonds. The normalized spacial score (nSPS) is 30.3. The SMILES string of the molecule is C1CCC(PC2CCCCC2)CC1.CCCCC1CCC(PC2CCCCC2)CC1. The first-order valence-corrected chi connectivity index (χ1v) is 16.7. The fourth-order valence-electron chi connectivity index (χ4n) is 6.59. The molecule has 0 N–H and O–H groups in total. The second-order valence-corrected chi connectivity index (χ2v) is 15.1. The predicted molar refractivity (Wildman–Crippen MR) is 143 cm³/mol. The van der Waals surface area contributed by atoms with Crippen molar-refractivity contribution in [2.45, 2.75) is 171 Å². The van der Waals surface area contributed by atoms with Crippen molar-refractivity contribution in [3.05, 3.63) is 0 Å². The Morgan fingerprint density at radius 3 is 1.20 bits per heavy atom. The van der Waals surface area contributed by atoms with Crippen LogP contribution in [0.3, 0.4) is 0 Å². The maximum Gasteiger partial charge on any atom is -0.0234 e. The second kappa shape index (κ2) is 15.7. The molecule has 4 saturated carbocycles. The first kappa shape index (κ1) is 25.5. The molecule has 0 heterocycles. The van der Waals surface area contributed by atoms with Crippen LogP contribution < -0.4 is 0 Å². The average Bonchev–Trinajstić information content (AvgIpc) is 2.81. The van der Waals surface area contributed by atoms with Crippen molar-refractivity contribution in [1.29, 1.82) is 0 Å². The Morgan fingerprint density at radius 1 is 0.467 bits per heavy atom. The van der Waals surface area contributed by atoms with Crippen LogP contribution in [-0.2, 0) is 0 Å². The molecule has 0 saturated heterocycles. The Bertz CT molecular complexity index is 381. The van der Waals surface area contributed by atoms with Gasteiger partial charge >= 0.3 is 0 Å². The van der Waals surface area contributed by atoms with Crippen LogP contribution in [-0.4, -0.2) is 22.6 Å². The lowest BCUT2D eigenvalue weighted by molar-refractivity contribution is 0.335. The van der Waals surface area contributed by atoms with E-state index in [1.165, 1.54) is 94.2 Å². The van der Waals surface area contributed by atoms with Gasteiger partial charge in [0.25, 0.3) is 0 Å². The van der Waals surface area contributed by atoms with Gasteiger partial charge in [0.1, 0.15) is 0 Å². The van der Waals surface area contributed by atoms with Gasteiger partial charge in [0, 0.05) is 0 Å². The molecule has 0 radical (unpaired) electrons. The fraction of sp³-hybridized carbons (Fsp3) is 1.00. The summed E-state index contributed by atoms with van der Waals surface area (Å²) < 4.78 is 0. The third-order valence-electron chi connectivity index (χ3n) is 8.57. The molecule has 0 aliphatic heterocycles. The smallest absolute Gasteiger partial charge is 0.0234 e. The maximum absolute atomic E-state index is 2.33. The van der Waals surface area contributed by atoms with Crippen LogP contribution in [0.4, 0.5) is 0 Å². The minimum absolute atomic E-state index is 1.10. The maximum atomic E-state index is 2.33. The van der Waals surface area contributed by atoms with Crippen LogP contribution in [0.1, 0.15) is 148 Å². The molecule has 30 heavy (non-hydrogen) atoms. The zero-order chi connectivity index (χ0) is 20.9. The first-order valence-electron chi connectivity index (χ1n) is 14.4. The summed E-state index contributed by atoms with van der Waals surface area (Å²) in [5.74, 6) is 1.10. The van der Waals surface area contributed by atoms with E-state index in [2.05, 4.69) is 6.92 Å². The molecule has 2 heteroatoms. The van der Waals surface area contributed by atoms with Gasteiger partial charge in [0.2, 0.25) is 0 Å². The molecule has 0 spiro atoms. The number of rotatable bonds is 7. The topological polar surface area (TPSA) is 0 Å². The van der Waals surface area contributed by atoms with Crippen molar-refractivity contribution in [3.8, 4) is 0 Å². The molecule has 1 atom stereocenters. The number of hydrogen-bond acceptors (Lipinski definition) is 0. The fourth-order valence-corrected chi connectivity index (χ4v) is 10.8. The van der Waals surface area contributed by atoms with E-state index in [-0.39, 0.29) is 0 Å². The van der Waals surface area contributed by atoms with E-state index in [1.807, 2.05) is 0 Å². The van der Waals surface area contributed by atoms with E-state index in [1.54, 1.807) is 64.2 Å². The highest BCUT2D eigenvalue weighted by atomic mass is 31.1. The van der Waals surface area contributed by atoms with E-state index >= 15 is 0 Å². The van der Waals surface area contributed by atoms with E-state index in [0.29, 0.717) is 0 Å². The van der Waals surface area contributed by atoms with Gasteiger partial charge in [-0.3, -0.25) is 0 Å². The third kappa shape index (κ3) is 10.2. The lowest BCUT2D eigenvalue weighted by atomic mass is 9.85. The molecular formula is C28H54P2. The monoisotopic (exact) mass is 452 g/mol. The van der Waals surface area contributed by atoms with Crippen LogP contribution in [0.2, 0.25) is 0 Å². The van der Waals surface area contributed by atoms with Gasteiger partial charge in [0.05, 0.1) is 0 Å². The summed E-state index contributed by atoms with van der Waals surface area (Å²) in [6, 6.07) is 0. The Hall–Kier alpha value is 0.860. The largest absolute Gasteiger partial charge is 0.116 e. The standard InChI is InChI=1S/C16H31P.C12H23P/c1-2-3-7-14-10-12-16(13-11-14)17-15-8-5-4-6-9-15;1-3-7-11(8-4-1)13-12-9-5-2-6-10-12/h14-17H,2-13H2,1H3;11-13H,1-10H2. The Balaban J connectivity index is 0.000000177. The average molecular weight is 453 g/mol. The molecule has 0 aromatic carbocycles. The zero-order valence-electron chi connectivity index (χ0n) is 20.4. The summed E-state index contributed by atoms with van der Waals surface area (Å²) in [5.41, 5.74) is 4.57. The van der Waals surface area contributed by atoms with Gasteiger partial charge in [-0.2, -0.15) is 0 Å². The van der Waals surface area contributed by atoms with Gasteiger partial charge in [0.15, 0.2) is 0 Å². The molecule has 4 fully saturated rings. The third-order valence-corrected chi connectivity index (χ3v) is 12.8. The highest BCUT2D eigenvalue weighted by Crippen LogP contribution is 2.44. The van der Waals surface area contributed by atoms with Gasteiger partial charge in [-0.25, -0.2) is 0 Å². The quantitative estimate of drug-likeness (QED) is 0.337. The number of hydrogen-bond donors (Lipinski definition) is 0. The van der Waals surface area contributed by atoms with Crippen LogP contribution in [0, 0.1) is 5.92 Å². The van der Waals surface area contributed by atoms with Crippen LogP contribution >= 0.6 is 17.2 Å². The van der Waals surface area contributed by atoms with Crippen molar-refractivity contribution in [2.75, 3.05) is 0 Å². The van der Waals surface area contributed by atoms with Crippen LogP contribution in [0.15, 0.2) is 0 Å². The summed E-state index contributed by atoms with van der Waals surface area (Å²) in [6.45, 7) is 2.33. The zero-order valence-corrected chi connectivity index (χ0v) is 22.4. The molecule has 4 aliphatic carbocycles.